The summed E-state index contributed by atoms with van der Waals surface area (Å²) in [4.78, 5) is 38.0. The Balaban J connectivity index is 1.98. The zero-order valence-electron chi connectivity index (χ0n) is 16.9. The number of methoxy groups -OCH3 is 1. The second kappa shape index (κ2) is 10.8. The Morgan fingerprint density at radius 3 is 2.34 bits per heavy atom. The maximum absolute atomic E-state index is 12.2. The van der Waals surface area contributed by atoms with Crippen LogP contribution in [0.4, 0.5) is 5.69 Å². The normalized spacial score (nSPS) is 10.2. The van der Waals surface area contributed by atoms with Crippen molar-refractivity contribution in [3.8, 4) is 5.75 Å². The van der Waals surface area contributed by atoms with Gasteiger partial charge in [-0.05, 0) is 36.8 Å². The van der Waals surface area contributed by atoms with Crippen LogP contribution in [0.15, 0.2) is 48.5 Å². The first kappa shape index (κ1) is 21.9. The second-order valence-electron chi connectivity index (χ2n) is 6.28. The molecule has 7 heteroatoms. The first-order chi connectivity index (χ1) is 14.0. The number of benzene rings is 2. The number of carbonyl (C=O) groups is 3. The van der Waals surface area contributed by atoms with E-state index in [4.69, 9.17) is 9.47 Å². The van der Waals surface area contributed by atoms with Gasteiger partial charge in [-0.25, -0.2) is 4.79 Å². The molecule has 0 spiro atoms. The fourth-order valence-corrected chi connectivity index (χ4v) is 2.84. The number of anilines is 1. The molecule has 0 unspecified atom stereocenters. The zero-order valence-corrected chi connectivity index (χ0v) is 16.9. The predicted octanol–water partition coefficient (Wildman–Crippen LogP) is 2.58. The minimum atomic E-state index is -0.488. The molecule has 2 rings (SSSR count). The smallest absolute Gasteiger partial charge is 0.340 e. The van der Waals surface area contributed by atoms with Crippen LogP contribution in [-0.2, 0) is 20.7 Å². The number of amides is 2. The van der Waals surface area contributed by atoms with Crippen molar-refractivity contribution in [3.05, 3.63) is 59.7 Å². The number of nitrogens with one attached hydrogen (secondary N) is 1. The van der Waals surface area contributed by atoms with Gasteiger partial charge in [-0.2, -0.15) is 0 Å². The van der Waals surface area contributed by atoms with Crippen LogP contribution in [0.25, 0.3) is 0 Å². The fraction of sp³-hybridized carbons (Fsp3) is 0.318. The van der Waals surface area contributed by atoms with Gasteiger partial charge in [0, 0.05) is 20.0 Å². The molecule has 1 N–H and O–H groups in total. The molecule has 0 heterocycles. The van der Waals surface area contributed by atoms with E-state index in [1.54, 1.807) is 50.4 Å². The van der Waals surface area contributed by atoms with Crippen LogP contribution in [0.5, 0.6) is 5.75 Å². The number of hydrogen-bond acceptors (Lipinski definition) is 5. The second-order valence-corrected chi connectivity index (χ2v) is 6.28. The van der Waals surface area contributed by atoms with E-state index in [0.717, 1.165) is 11.3 Å². The SMILES string of the molecule is CCOC(=O)c1ccccc1N(CCNC(=O)Cc1ccc(OC)cc1)C(C)=O. The number of ether oxygens (including phenoxy) is 2. The van der Waals surface area contributed by atoms with Gasteiger partial charge in [0.2, 0.25) is 11.8 Å². The minimum Gasteiger partial charge on any atom is -0.497 e. The summed E-state index contributed by atoms with van der Waals surface area (Å²) in [5, 5.41) is 2.81. The van der Waals surface area contributed by atoms with Crippen molar-refractivity contribution in [3.63, 3.8) is 0 Å². The summed E-state index contributed by atoms with van der Waals surface area (Å²) in [5.74, 6) is -0.145. The molecule has 0 aliphatic carbocycles. The molecule has 0 atom stereocenters. The minimum absolute atomic E-state index is 0.155. The summed E-state index contributed by atoms with van der Waals surface area (Å²) in [6, 6.07) is 14.0. The van der Waals surface area contributed by atoms with Crippen molar-refractivity contribution in [1.29, 1.82) is 0 Å². The molecule has 0 bridgehead atoms. The molecule has 0 aliphatic rings. The molecule has 2 amide bonds. The van der Waals surface area contributed by atoms with E-state index in [0.29, 0.717) is 11.3 Å². The fourth-order valence-electron chi connectivity index (χ4n) is 2.84. The molecule has 2 aromatic carbocycles. The van der Waals surface area contributed by atoms with Gasteiger partial charge in [0.25, 0.3) is 0 Å². The lowest BCUT2D eigenvalue weighted by molar-refractivity contribution is -0.121. The van der Waals surface area contributed by atoms with Gasteiger partial charge >= 0.3 is 5.97 Å². The van der Waals surface area contributed by atoms with E-state index in [-0.39, 0.29) is 37.9 Å². The highest BCUT2D eigenvalue weighted by atomic mass is 16.5. The van der Waals surface area contributed by atoms with E-state index in [2.05, 4.69) is 5.32 Å². The van der Waals surface area contributed by atoms with Gasteiger partial charge in [0.05, 0.1) is 31.4 Å². The highest BCUT2D eigenvalue weighted by molar-refractivity contribution is 6.02. The Morgan fingerprint density at radius 2 is 1.72 bits per heavy atom. The average Bonchev–Trinajstić information content (AvgIpc) is 2.71. The molecule has 0 aromatic heterocycles. The molecule has 0 radical (unpaired) electrons. The number of para-hydroxylation sites is 1. The van der Waals surface area contributed by atoms with E-state index in [1.165, 1.54) is 11.8 Å². The summed E-state index contributed by atoms with van der Waals surface area (Å²) >= 11 is 0. The number of esters is 1. The van der Waals surface area contributed by atoms with Crippen LogP contribution in [0.1, 0.15) is 29.8 Å². The van der Waals surface area contributed by atoms with Crippen molar-refractivity contribution >= 4 is 23.5 Å². The predicted molar refractivity (Wildman–Crippen MR) is 110 cm³/mol. The number of nitrogens with zero attached hydrogens (tertiary/aromatic N) is 1. The molecule has 0 aliphatic heterocycles. The summed E-state index contributed by atoms with van der Waals surface area (Å²) in [6.07, 6.45) is 0.226. The number of hydrogen-bond donors (Lipinski definition) is 1. The van der Waals surface area contributed by atoms with Gasteiger partial charge in [0.1, 0.15) is 5.75 Å². The Labute approximate surface area is 170 Å². The highest BCUT2D eigenvalue weighted by Crippen LogP contribution is 2.21. The molecule has 0 fully saturated rings. The third-order valence-electron chi connectivity index (χ3n) is 4.25. The van der Waals surface area contributed by atoms with Crippen molar-refractivity contribution in [1.82, 2.24) is 5.32 Å². The van der Waals surface area contributed by atoms with Crippen LogP contribution in [0.3, 0.4) is 0 Å². The van der Waals surface area contributed by atoms with E-state index in [1.807, 2.05) is 12.1 Å². The maximum Gasteiger partial charge on any atom is 0.340 e. The van der Waals surface area contributed by atoms with Gasteiger partial charge in [0.15, 0.2) is 0 Å². The zero-order chi connectivity index (χ0) is 21.2. The number of carbonyl (C=O) groups excluding carboxylic acids is 3. The molecule has 7 nitrogen and oxygen atoms in total. The largest absolute Gasteiger partial charge is 0.497 e. The van der Waals surface area contributed by atoms with E-state index >= 15 is 0 Å². The molecular weight excluding hydrogens is 372 g/mol. The molecule has 2 aromatic rings. The Morgan fingerprint density at radius 1 is 1.03 bits per heavy atom. The van der Waals surface area contributed by atoms with Gasteiger partial charge < -0.3 is 19.7 Å². The molecule has 0 saturated heterocycles. The van der Waals surface area contributed by atoms with Crippen LogP contribution < -0.4 is 15.0 Å². The average molecular weight is 398 g/mol. The molecule has 0 saturated carbocycles. The Bertz CT molecular complexity index is 849. The standard InChI is InChI=1S/C22H26N2O5/c1-4-29-22(27)19-7-5-6-8-20(19)24(16(2)25)14-13-23-21(26)15-17-9-11-18(28-3)12-10-17/h5-12H,4,13-15H2,1-3H3,(H,23,26). The van der Waals surface area contributed by atoms with Crippen molar-refractivity contribution in [2.45, 2.75) is 20.3 Å². The van der Waals surface area contributed by atoms with Crippen LogP contribution in [-0.4, -0.2) is 44.6 Å². The van der Waals surface area contributed by atoms with Gasteiger partial charge in [-0.3, -0.25) is 9.59 Å². The summed E-state index contributed by atoms with van der Waals surface area (Å²) in [5.41, 5.74) is 1.64. The first-order valence-electron chi connectivity index (χ1n) is 9.40. The van der Waals surface area contributed by atoms with Crippen molar-refractivity contribution in [2.75, 3.05) is 31.7 Å². The van der Waals surface area contributed by atoms with Gasteiger partial charge in [-0.1, -0.05) is 24.3 Å². The topological polar surface area (TPSA) is 84.9 Å². The van der Waals surface area contributed by atoms with Crippen LogP contribution in [0.2, 0.25) is 0 Å². The monoisotopic (exact) mass is 398 g/mol. The van der Waals surface area contributed by atoms with E-state index < -0.39 is 5.97 Å². The van der Waals surface area contributed by atoms with Crippen molar-refractivity contribution < 1.29 is 23.9 Å². The lowest BCUT2D eigenvalue weighted by Gasteiger charge is -2.23. The molecular formula is C22H26N2O5. The summed E-state index contributed by atoms with van der Waals surface area (Å²) < 4.78 is 10.2. The third kappa shape index (κ3) is 6.34. The van der Waals surface area contributed by atoms with E-state index in [9.17, 15) is 14.4 Å². The third-order valence-corrected chi connectivity index (χ3v) is 4.25. The molecule has 29 heavy (non-hydrogen) atoms. The highest BCUT2D eigenvalue weighted by Gasteiger charge is 2.20. The first-order valence-corrected chi connectivity index (χ1v) is 9.40. The lowest BCUT2D eigenvalue weighted by atomic mass is 10.1. The summed E-state index contributed by atoms with van der Waals surface area (Å²) in [6.45, 7) is 3.88. The quantitative estimate of drug-likeness (QED) is 0.657. The van der Waals surface area contributed by atoms with Crippen LogP contribution >= 0.6 is 0 Å². The van der Waals surface area contributed by atoms with Crippen LogP contribution in [0, 0.1) is 0 Å². The van der Waals surface area contributed by atoms with Gasteiger partial charge in [-0.15, -0.1) is 0 Å². The summed E-state index contributed by atoms with van der Waals surface area (Å²) in [7, 11) is 1.59. The lowest BCUT2D eigenvalue weighted by Crippen LogP contribution is -2.38. The maximum atomic E-state index is 12.2. The Kier molecular flexibility index (Phi) is 8.21. The Hall–Kier alpha value is -3.35. The van der Waals surface area contributed by atoms with Crippen molar-refractivity contribution in [2.24, 2.45) is 0 Å². The molecule has 154 valence electrons. The number of rotatable bonds is 9.